The molecule has 138 valence electrons. The summed E-state index contributed by atoms with van der Waals surface area (Å²) in [4.78, 5) is 13.5. The Hall–Kier alpha value is -1.46. The molecule has 5 heteroatoms. The molecule has 2 aliphatic rings. The summed E-state index contributed by atoms with van der Waals surface area (Å²) < 4.78 is 14.0. The topological polar surface area (TPSA) is 53.8 Å². The van der Waals surface area contributed by atoms with Crippen LogP contribution in [-0.4, -0.2) is 36.7 Å². The van der Waals surface area contributed by atoms with E-state index in [1.165, 1.54) is 30.2 Å². The summed E-state index contributed by atoms with van der Waals surface area (Å²) in [7, 11) is 0. The lowest BCUT2D eigenvalue weighted by Gasteiger charge is -2.36. The van der Waals surface area contributed by atoms with Crippen LogP contribution in [0.5, 0.6) is 0 Å². The largest absolute Gasteiger partial charge is 0.385 e. The number of halogens is 1. The fourth-order valence-electron chi connectivity index (χ4n) is 4.32. The molecule has 1 saturated heterocycles. The van der Waals surface area contributed by atoms with Crippen molar-refractivity contribution in [2.75, 3.05) is 19.6 Å². The van der Waals surface area contributed by atoms with Gasteiger partial charge in [0.1, 0.15) is 11.4 Å². The van der Waals surface area contributed by atoms with Gasteiger partial charge in [-0.3, -0.25) is 4.79 Å². The SMILES string of the molecule is C[C@H]1CCCC[C@@H]1NC(=O)C[NH+]1CCC(O)(c2ccccc2F)CC1. The number of carbonyl (C=O) groups excluding carboxylic acids is 1. The number of hydrogen-bond donors (Lipinski definition) is 3. The zero-order chi connectivity index (χ0) is 17.9. The van der Waals surface area contributed by atoms with Gasteiger partial charge in [0.2, 0.25) is 0 Å². The van der Waals surface area contributed by atoms with Crippen molar-refractivity contribution in [1.29, 1.82) is 0 Å². The molecule has 1 amide bonds. The van der Waals surface area contributed by atoms with Crippen molar-refractivity contribution in [1.82, 2.24) is 5.32 Å². The summed E-state index contributed by atoms with van der Waals surface area (Å²) in [5, 5.41) is 14.0. The highest BCUT2D eigenvalue weighted by Gasteiger charge is 2.38. The van der Waals surface area contributed by atoms with Crippen molar-refractivity contribution in [3.05, 3.63) is 35.6 Å². The number of amides is 1. The third-order valence-electron chi connectivity index (χ3n) is 6.03. The molecule has 2 atom stereocenters. The minimum absolute atomic E-state index is 0.102. The number of carbonyl (C=O) groups is 1. The van der Waals surface area contributed by atoms with Gasteiger partial charge in [0.15, 0.2) is 6.54 Å². The lowest BCUT2D eigenvalue weighted by atomic mass is 9.84. The molecule has 0 bridgehead atoms. The van der Waals surface area contributed by atoms with Crippen LogP contribution in [0, 0.1) is 11.7 Å². The zero-order valence-electron chi connectivity index (χ0n) is 15.1. The van der Waals surface area contributed by atoms with E-state index in [-0.39, 0.29) is 11.7 Å². The second-order valence-corrected chi connectivity index (χ2v) is 7.87. The fraction of sp³-hybridized carbons (Fsp3) is 0.650. The number of quaternary nitrogens is 1. The third kappa shape index (κ3) is 4.39. The Labute approximate surface area is 149 Å². The molecule has 1 saturated carbocycles. The number of benzene rings is 1. The van der Waals surface area contributed by atoms with E-state index in [4.69, 9.17) is 0 Å². The number of rotatable bonds is 4. The third-order valence-corrected chi connectivity index (χ3v) is 6.03. The van der Waals surface area contributed by atoms with Gasteiger partial charge in [-0.25, -0.2) is 4.39 Å². The smallest absolute Gasteiger partial charge is 0.275 e. The van der Waals surface area contributed by atoms with Crippen LogP contribution >= 0.6 is 0 Å². The van der Waals surface area contributed by atoms with Crippen molar-refractivity contribution >= 4 is 5.91 Å². The molecule has 1 aromatic rings. The van der Waals surface area contributed by atoms with Gasteiger partial charge < -0.3 is 15.3 Å². The molecular formula is C20H30FN2O2+. The van der Waals surface area contributed by atoms with Crippen molar-refractivity contribution in [2.24, 2.45) is 5.92 Å². The second-order valence-electron chi connectivity index (χ2n) is 7.87. The summed E-state index contributed by atoms with van der Waals surface area (Å²) in [6, 6.07) is 6.76. The predicted octanol–water partition coefficient (Wildman–Crippen LogP) is 1.39. The van der Waals surface area contributed by atoms with Crippen LogP contribution in [0.4, 0.5) is 4.39 Å². The maximum absolute atomic E-state index is 14.0. The molecule has 0 spiro atoms. The summed E-state index contributed by atoms with van der Waals surface area (Å²) in [6.07, 6.45) is 5.69. The molecule has 0 radical (unpaired) electrons. The van der Waals surface area contributed by atoms with Crippen LogP contribution in [-0.2, 0) is 10.4 Å². The van der Waals surface area contributed by atoms with Crippen LogP contribution in [0.2, 0.25) is 0 Å². The van der Waals surface area contributed by atoms with E-state index in [1.54, 1.807) is 18.2 Å². The lowest BCUT2D eigenvalue weighted by Crippen LogP contribution is -3.14. The highest BCUT2D eigenvalue weighted by Crippen LogP contribution is 2.31. The van der Waals surface area contributed by atoms with E-state index in [0.29, 0.717) is 50.0 Å². The molecule has 4 nitrogen and oxygen atoms in total. The van der Waals surface area contributed by atoms with Gasteiger partial charge in [0.05, 0.1) is 13.1 Å². The van der Waals surface area contributed by atoms with Gasteiger partial charge in [-0.1, -0.05) is 38.0 Å². The number of hydrogen-bond acceptors (Lipinski definition) is 2. The van der Waals surface area contributed by atoms with Gasteiger partial charge >= 0.3 is 0 Å². The highest BCUT2D eigenvalue weighted by atomic mass is 19.1. The molecular weight excluding hydrogens is 319 g/mol. The molecule has 2 fully saturated rings. The zero-order valence-corrected chi connectivity index (χ0v) is 15.1. The van der Waals surface area contributed by atoms with E-state index < -0.39 is 5.60 Å². The summed E-state index contributed by atoms with van der Waals surface area (Å²) in [5.41, 5.74) is -0.724. The average Bonchev–Trinajstić information content (AvgIpc) is 2.59. The first-order valence-corrected chi connectivity index (χ1v) is 9.58. The summed E-state index contributed by atoms with van der Waals surface area (Å²) >= 11 is 0. The number of nitrogens with one attached hydrogen (secondary N) is 2. The molecule has 0 aromatic heterocycles. The Balaban J connectivity index is 1.50. The Morgan fingerprint density at radius 2 is 1.96 bits per heavy atom. The molecule has 25 heavy (non-hydrogen) atoms. The standard InChI is InChI=1S/C20H29FN2O2/c1-15-6-2-5-9-18(15)22-19(24)14-23-12-10-20(25,11-13-23)16-7-3-4-8-17(16)21/h3-4,7-8,15,18,25H,2,5-6,9-14H2,1H3,(H,22,24)/p+1/t15-,18-/m0/s1. The van der Waals surface area contributed by atoms with Crippen LogP contribution in [0.15, 0.2) is 24.3 Å². The van der Waals surface area contributed by atoms with Gasteiger partial charge in [0.25, 0.3) is 5.91 Å². The minimum Gasteiger partial charge on any atom is -0.385 e. The lowest BCUT2D eigenvalue weighted by molar-refractivity contribution is -0.900. The quantitative estimate of drug-likeness (QED) is 0.769. The van der Waals surface area contributed by atoms with Crippen LogP contribution in [0.3, 0.4) is 0 Å². The number of likely N-dealkylation sites (tertiary alicyclic amines) is 1. The fourth-order valence-corrected chi connectivity index (χ4v) is 4.32. The van der Waals surface area contributed by atoms with E-state index in [0.717, 1.165) is 6.42 Å². The molecule has 3 rings (SSSR count). The van der Waals surface area contributed by atoms with Crippen molar-refractivity contribution < 1.29 is 19.2 Å². The molecule has 1 aliphatic heterocycles. The van der Waals surface area contributed by atoms with Gasteiger partial charge in [-0.2, -0.15) is 0 Å². The van der Waals surface area contributed by atoms with Gasteiger partial charge in [-0.15, -0.1) is 0 Å². The second kappa shape index (κ2) is 7.83. The molecule has 0 unspecified atom stereocenters. The average molecular weight is 349 g/mol. The maximum atomic E-state index is 14.0. The molecule has 1 aliphatic carbocycles. The Kier molecular flexibility index (Phi) is 5.74. The predicted molar refractivity (Wildman–Crippen MR) is 94.7 cm³/mol. The summed E-state index contributed by atoms with van der Waals surface area (Å²) in [5.74, 6) is 0.308. The normalized spacial score (nSPS) is 33.0. The summed E-state index contributed by atoms with van der Waals surface area (Å²) in [6.45, 7) is 4.01. The first-order valence-electron chi connectivity index (χ1n) is 9.58. The monoisotopic (exact) mass is 349 g/mol. The van der Waals surface area contributed by atoms with Crippen molar-refractivity contribution in [2.45, 2.75) is 57.1 Å². The van der Waals surface area contributed by atoms with E-state index in [9.17, 15) is 14.3 Å². The first-order chi connectivity index (χ1) is 12.0. The molecule has 1 heterocycles. The van der Waals surface area contributed by atoms with Crippen LogP contribution in [0.1, 0.15) is 51.0 Å². The Bertz CT molecular complexity index is 599. The van der Waals surface area contributed by atoms with Crippen LogP contribution < -0.4 is 10.2 Å². The minimum atomic E-state index is -1.11. The maximum Gasteiger partial charge on any atom is 0.275 e. The number of piperidine rings is 1. The van der Waals surface area contributed by atoms with Crippen LogP contribution in [0.25, 0.3) is 0 Å². The van der Waals surface area contributed by atoms with Gasteiger partial charge in [0, 0.05) is 24.4 Å². The Morgan fingerprint density at radius 3 is 2.64 bits per heavy atom. The van der Waals surface area contributed by atoms with Gasteiger partial charge in [-0.05, 0) is 24.8 Å². The van der Waals surface area contributed by atoms with E-state index in [1.807, 2.05) is 0 Å². The van der Waals surface area contributed by atoms with Crippen molar-refractivity contribution in [3.8, 4) is 0 Å². The first kappa shape index (κ1) is 18.3. The number of aliphatic hydroxyl groups is 1. The van der Waals surface area contributed by atoms with E-state index in [2.05, 4.69) is 12.2 Å². The van der Waals surface area contributed by atoms with E-state index >= 15 is 0 Å². The Morgan fingerprint density at radius 1 is 1.28 bits per heavy atom. The van der Waals surface area contributed by atoms with Crippen molar-refractivity contribution in [3.63, 3.8) is 0 Å². The highest BCUT2D eigenvalue weighted by molar-refractivity contribution is 5.77. The molecule has 1 aromatic carbocycles. The molecule has 3 N–H and O–H groups in total.